The van der Waals surface area contributed by atoms with E-state index in [-0.39, 0.29) is 23.5 Å². The van der Waals surface area contributed by atoms with E-state index in [9.17, 15) is 9.59 Å². The van der Waals surface area contributed by atoms with Crippen molar-refractivity contribution < 1.29 is 9.59 Å². The Hall–Kier alpha value is -2.31. The van der Waals surface area contributed by atoms with E-state index in [1.807, 2.05) is 52.3 Å². The van der Waals surface area contributed by atoms with Crippen LogP contribution >= 0.6 is 11.8 Å². The molecule has 5 nitrogen and oxygen atoms in total. The van der Waals surface area contributed by atoms with Gasteiger partial charge in [0.05, 0.1) is 11.7 Å². The highest BCUT2D eigenvalue weighted by Gasteiger charge is 2.51. The van der Waals surface area contributed by atoms with Gasteiger partial charge in [-0.2, -0.15) is 11.8 Å². The first-order valence-corrected chi connectivity index (χ1v) is 11.9. The van der Waals surface area contributed by atoms with Gasteiger partial charge in [-0.3, -0.25) is 14.9 Å². The van der Waals surface area contributed by atoms with Crippen molar-refractivity contribution in [3.8, 4) is 0 Å². The third-order valence-corrected chi connectivity index (χ3v) is 6.99. The molecule has 6 heteroatoms. The van der Waals surface area contributed by atoms with Crippen LogP contribution in [0, 0.1) is 0 Å². The van der Waals surface area contributed by atoms with E-state index in [4.69, 9.17) is 0 Å². The van der Waals surface area contributed by atoms with Gasteiger partial charge in [-0.05, 0) is 35.3 Å². The fraction of sp³-hybridized carbons (Fsp3) is 0.417. The number of piperidine rings is 1. The topological polar surface area (TPSA) is 52.7 Å². The summed E-state index contributed by atoms with van der Waals surface area (Å²) < 4.78 is 0. The van der Waals surface area contributed by atoms with Crippen LogP contribution in [0.5, 0.6) is 0 Å². The molecule has 2 aliphatic rings. The fourth-order valence-corrected chi connectivity index (χ4v) is 5.24. The summed E-state index contributed by atoms with van der Waals surface area (Å²) in [7, 11) is 0. The number of benzene rings is 2. The van der Waals surface area contributed by atoms with Gasteiger partial charge in [0.25, 0.3) is 5.91 Å². The Morgan fingerprint density at radius 3 is 2.70 bits per heavy atom. The standard InChI is InChI=1S/C24H29N3O2S/c1-3-14-27-23(29)21(11-17-30-2)25-24(27)12-15-26(16-13-24)22(28)20-10-6-8-18-7-4-5-9-19(18)20/h3-10,21,25H,1,11-17H2,2H3. The predicted octanol–water partition coefficient (Wildman–Crippen LogP) is 3.51. The molecular weight excluding hydrogens is 394 g/mol. The minimum Gasteiger partial charge on any atom is -0.338 e. The van der Waals surface area contributed by atoms with Crippen LogP contribution in [0.15, 0.2) is 55.1 Å². The molecule has 1 atom stereocenters. The molecule has 0 aromatic heterocycles. The normalized spacial score (nSPS) is 20.8. The number of hydrogen-bond donors (Lipinski definition) is 1. The largest absolute Gasteiger partial charge is 0.338 e. The minimum atomic E-state index is -0.371. The molecule has 2 saturated heterocycles. The number of carbonyl (C=O) groups excluding carboxylic acids is 2. The molecule has 0 aliphatic carbocycles. The van der Waals surface area contributed by atoms with Crippen LogP contribution in [0.2, 0.25) is 0 Å². The van der Waals surface area contributed by atoms with Crippen molar-refractivity contribution in [2.75, 3.05) is 31.6 Å². The molecule has 2 heterocycles. The van der Waals surface area contributed by atoms with Gasteiger partial charge in [-0.1, -0.05) is 42.5 Å². The lowest BCUT2D eigenvalue weighted by molar-refractivity contribution is -0.132. The van der Waals surface area contributed by atoms with Crippen molar-refractivity contribution in [1.29, 1.82) is 0 Å². The Labute approximate surface area is 182 Å². The number of thioether (sulfide) groups is 1. The fourth-order valence-electron chi connectivity index (χ4n) is 4.76. The molecule has 1 spiro atoms. The molecule has 30 heavy (non-hydrogen) atoms. The van der Waals surface area contributed by atoms with Gasteiger partial charge in [0.1, 0.15) is 0 Å². The summed E-state index contributed by atoms with van der Waals surface area (Å²) in [4.78, 5) is 30.2. The van der Waals surface area contributed by atoms with E-state index in [0.717, 1.165) is 41.4 Å². The van der Waals surface area contributed by atoms with E-state index in [2.05, 4.69) is 18.2 Å². The smallest absolute Gasteiger partial charge is 0.254 e. The van der Waals surface area contributed by atoms with Gasteiger partial charge >= 0.3 is 0 Å². The van der Waals surface area contributed by atoms with Gasteiger partial charge in [-0.25, -0.2) is 0 Å². The number of nitrogens with zero attached hydrogens (tertiary/aromatic N) is 2. The van der Waals surface area contributed by atoms with Crippen molar-refractivity contribution in [3.63, 3.8) is 0 Å². The first kappa shape index (κ1) is 20.9. The van der Waals surface area contributed by atoms with Crippen molar-refractivity contribution in [2.45, 2.75) is 31.0 Å². The van der Waals surface area contributed by atoms with Crippen LogP contribution in [0.25, 0.3) is 10.8 Å². The number of carbonyl (C=O) groups is 2. The summed E-state index contributed by atoms with van der Waals surface area (Å²) >= 11 is 1.76. The molecule has 2 fully saturated rings. The molecule has 2 aromatic carbocycles. The number of fused-ring (bicyclic) bond motifs is 1. The second kappa shape index (κ2) is 8.82. The van der Waals surface area contributed by atoms with E-state index < -0.39 is 0 Å². The molecule has 1 N–H and O–H groups in total. The Morgan fingerprint density at radius 2 is 1.97 bits per heavy atom. The molecule has 2 amide bonds. The maximum absolute atomic E-state index is 13.3. The average molecular weight is 424 g/mol. The number of rotatable bonds is 6. The maximum atomic E-state index is 13.3. The zero-order chi connectivity index (χ0) is 21.1. The third-order valence-electron chi connectivity index (χ3n) is 6.34. The number of nitrogens with one attached hydrogen (secondary N) is 1. The minimum absolute atomic E-state index is 0.0696. The molecule has 4 rings (SSSR count). The van der Waals surface area contributed by atoms with Gasteiger partial charge < -0.3 is 9.80 Å². The molecule has 2 aromatic rings. The van der Waals surface area contributed by atoms with Crippen LogP contribution in [-0.2, 0) is 4.79 Å². The second-order valence-electron chi connectivity index (χ2n) is 8.07. The van der Waals surface area contributed by atoms with Crippen molar-refractivity contribution in [2.24, 2.45) is 0 Å². The monoisotopic (exact) mass is 423 g/mol. The summed E-state index contributed by atoms with van der Waals surface area (Å²) in [5.74, 6) is 1.19. The zero-order valence-electron chi connectivity index (χ0n) is 17.5. The third kappa shape index (κ3) is 3.74. The molecule has 0 bridgehead atoms. The molecule has 2 aliphatic heterocycles. The Balaban J connectivity index is 1.51. The number of amides is 2. The Kier molecular flexibility index (Phi) is 6.16. The zero-order valence-corrected chi connectivity index (χ0v) is 18.3. The van der Waals surface area contributed by atoms with Crippen molar-refractivity contribution in [3.05, 3.63) is 60.7 Å². The van der Waals surface area contributed by atoms with Gasteiger partial charge in [0, 0.05) is 38.0 Å². The van der Waals surface area contributed by atoms with Gasteiger partial charge in [-0.15, -0.1) is 6.58 Å². The van der Waals surface area contributed by atoms with E-state index in [0.29, 0.717) is 19.6 Å². The lowest BCUT2D eigenvalue weighted by Gasteiger charge is -2.44. The van der Waals surface area contributed by atoms with Crippen LogP contribution in [0.1, 0.15) is 29.6 Å². The Bertz CT molecular complexity index is 947. The van der Waals surface area contributed by atoms with Gasteiger partial charge in [0.15, 0.2) is 0 Å². The van der Waals surface area contributed by atoms with Crippen molar-refractivity contribution in [1.82, 2.24) is 15.1 Å². The highest BCUT2D eigenvalue weighted by Crippen LogP contribution is 2.34. The first-order chi connectivity index (χ1) is 14.6. The van der Waals surface area contributed by atoms with E-state index >= 15 is 0 Å². The Morgan fingerprint density at radius 1 is 1.23 bits per heavy atom. The predicted molar refractivity (Wildman–Crippen MR) is 124 cm³/mol. The van der Waals surface area contributed by atoms with Crippen LogP contribution < -0.4 is 5.32 Å². The number of hydrogen-bond acceptors (Lipinski definition) is 4. The lowest BCUT2D eigenvalue weighted by Crippen LogP contribution is -2.59. The average Bonchev–Trinajstić information content (AvgIpc) is 3.03. The van der Waals surface area contributed by atoms with Crippen molar-refractivity contribution >= 4 is 34.3 Å². The van der Waals surface area contributed by atoms with Crippen LogP contribution in [-0.4, -0.2) is 65.0 Å². The maximum Gasteiger partial charge on any atom is 0.254 e. The SMILES string of the molecule is C=CCN1C(=O)C(CCSC)NC12CCN(C(=O)c1cccc3ccccc13)CC2. The molecule has 0 radical (unpaired) electrons. The summed E-state index contributed by atoms with van der Waals surface area (Å²) in [6, 6.07) is 13.8. The highest BCUT2D eigenvalue weighted by molar-refractivity contribution is 7.98. The molecule has 158 valence electrons. The van der Waals surface area contributed by atoms with Gasteiger partial charge in [0.2, 0.25) is 5.91 Å². The molecule has 0 saturated carbocycles. The first-order valence-electron chi connectivity index (χ1n) is 10.6. The quantitative estimate of drug-likeness (QED) is 0.723. The molecule has 1 unspecified atom stereocenters. The summed E-state index contributed by atoms with van der Waals surface area (Å²) in [6.07, 6.45) is 6.16. The van der Waals surface area contributed by atoms with Crippen LogP contribution in [0.4, 0.5) is 0 Å². The summed E-state index contributed by atoms with van der Waals surface area (Å²) in [6.45, 7) is 5.65. The lowest BCUT2D eigenvalue weighted by atomic mass is 9.94. The summed E-state index contributed by atoms with van der Waals surface area (Å²) in [5, 5.41) is 5.70. The van der Waals surface area contributed by atoms with E-state index in [1.165, 1.54) is 0 Å². The second-order valence-corrected chi connectivity index (χ2v) is 9.05. The molecular formula is C24H29N3O2S. The highest BCUT2D eigenvalue weighted by atomic mass is 32.2. The van der Waals surface area contributed by atoms with Crippen LogP contribution in [0.3, 0.4) is 0 Å². The van der Waals surface area contributed by atoms with E-state index in [1.54, 1.807) is 17.8 Å². The summed E-state index contributed by atoms with van der Waals surface area (Å²) in [5.41, 5.74) is 0.379. The number of likely N-dealkylation sites (tertiary alicyclic amines) is 1.